The highest BCUT2D eigenvalue weighted by molar-refractivity contribution is 5.80. The lowest BCUT2D eigenvalue weighted by molar-refractivity contribution is 0.559. The van der Waals surface area contributed by atoms with Gasteiger partial charge in [-0.2, -0.15) is 0 Å². The maximum absolute atomic E-state index is 14.1. The van der Waals surface area contributed by atoms with Gasteiger partial charge >= 0.3 is 0 Å². The highest BCUT2D eigenvalue weighted by atomic mass is 19.1. The molecule has 0 bridgehead atoms. The van der Waals surface area contributed by atoms with Crippen molar-refractivity contribution >= 4 is 5.96 Å². The lowest BCUT2D eigenvalue weighted by atomic mass is 9.95. The molecule has 1 aliphatic rings. The van der Waals surface area contributed by atoms with Crippen LogP contribution in [0.3, 0.4) is 0 Å². The zero-order valence-electron chi connectivity index (χ0n) is 14.8. The quantitative estimate of drug-likeness (QED) is 0.626. The summed E-state index contributed by atoms with van der Waals surface area (Å²) in [6.07, 6.45) is 2.00. The van der Waals surface area contributed by atoms with Crippen LogP contribution in [0, 0.1) is 12.7 Å². The van der Waals surface area contributed by atoms with Crippen LogP contribution >= 0.6 is 0 Å². The molecule has 0 radical (unpaired) electrons. The first-order chi connectivity index (χ1) is 12.1. The van der Waals surface area contributed by atoms with Crippen LogP contribution in [0.15, 0.2) is 47.5 Å². The van der Waals surface area contributed by atoms with Gasteiger partial charge in [0.2, 0.25) is 0 Å². The van der Waals surface area contributed by atoms with Gasteiger partial charge < -0.3 is 10.6 Å². The minimum Gasteiger partial charge on any atom is -0.357 e. The van der Waals surface area contributed by atoms with Gasteiger partial charge in [-0.1, -0.05) is 24.3 Å². The van der Waals surface area contributed by atoms with Gasteiger partial charge in [0.1, 0.15) is 5.82 Å². The summed E-state index contributed by atoms with van der Waals surface area (Å²) in [7, 11) is 0. The Hall–Kier alpha value is -2.43. The maximum Gasteiger partial charge on any atom is 0.191 e. The fourth-order valence-electron chi connectivity index (χ4n) is 3.03. The molecule has 1 aromatic heterocycles. The van der Waals surface area contributed by atoms with E-state index in [9.17, 15) is 4.39 Å². The van der Waals surface area contributed by atoms with Crippen molar-refractivity contribution in [2.24, 2.45) is 4.99 Å². The Morgan fingerprint density at radius 2 is 1.96 bits per heavy atom. The molecule has 5 heteroatoms. The summed E-state index contributed by atoms with van der Waals surface area (Å²) in [6, 6.07) is 13.0. The number of pyridine rings is 1. The Kier molecular flexibility index (Phi) is 5.31. The molecule has 1 aromatic carbocycles. The third-order valence-corrected chi connectivity index (χ3v) is 4.58. The minimum absolute atomic E-state index is 0.108. The summed E-state index contributed by atoms with van der Waals surface area (Å²) in [4.78, 5) is 9.08. The highest BCUT2D eigenvalue weighted by Gasteiger charge is 2.45. The molecule has 0 atom stereocenters. The lowest BCUT2D eigenvalue weighted by Crippen LogP contribution is -2.41. The van der Waals surface area contributed by atoms with Gasteiger partial charge in [0, 0.05) is 24.2 Å². The second-order valence-corrected chi connectivity index (χ2v) is 6.58. The van der Waals surface area contributed by atoms with Crippen LogP contribution in [0.25, 0.3) is 0 Å². The van der Waals surface area contributed by atoms with Crippen molar-refractivity contribution in [1.29, 1.82) is 0 Å². The van der Waals surface area contributed by atoms with Gasteiger partial charge in [-0.05, 0) is 50.5 Å². The standard InChI is InChI=1S/C20H25FN4/c1-3-22-19(23-13-16-8-6-7-15(2)25-16)24-14-20(11-12-20)17-9-4-5-10-18(17)21/h4-10H,3,11-14H2,1-2H3,(H2,22,23,24). The molecular weight excluding hydrogens is 315 g/mol. The Bertz CT molecular complexity index is 753. The summed E-state index contributed by atoms with van der Waals surface area (Å²) in [5.41, 5.74) is 2.62. The molecule has 1 fully saturated rings. The summed E-state index contributed by atoms with van der Waals surface area (Å²) >= 11 is 0. The van der Waals surface area contributed by atoms with Gasteiger partial charge in [-0.15, -0.1) is 0 Å². The van der Waals surface area contributed by atoms with E-state index in [1.54, 1.807) is 6.07 Å². The molecule has 25 heavy (non-hydrogen) atoms. The first kappa shape index (κ1) is 17.4. The molecule has 1 heterocycles. The molecule has 4 nitrogen and oxygen atoms in total. The lowest BCUT2D eigenvalue weighted by Gasteiger charge is -2.19. The van der Waals surface area contributed by atoms with E-state index in [0.717, 1.165) is 42.3 Å². The number of rotatable bonds is 6. The number of guanidine groups is 1. The van der Waals surface area contributed by atoms with Crippen LogP contribution in [-0.2, 0) is 12.0 Å². The average Bonchev–Trinajstić information content (AvgIpc) is 3.39. The molecule has 0 aliphatic heterocycles. The van der Waals surface area contributed by atoms with E-state index in [1.807, 2.05) is 44.2 Å². The molecule has 0 spiro atoms. The Balaban J connectivity index is 1.66. The predicted octanol–water partition coefficient (Wildman–Crippen LogP) is 3.32. The van der Waals surface area contributed by atoms with E-state index in [1.165, 1.54) is 6.07 Å². The molecule has 1 saturated carbocycles. The summed E-state index contributed by atoms with van der Waals surface area (Å²) in [6.45, 7) is 5.98. The second-order valence-electron chi connectivity index (χ2n) is 6.58. The number of aromatic nitrogens is 1. The van der Waals surface area contributed by atoms with Crippen molar-refractivity contribution in [2.75, 3.05) is 13.1 Å². The van der Waals surface area contributed by atoms with Gasteiger partial charge in [0.05, 0.1) is 12.2 Å². The zero-order chi connectivity index (χ0) is 17.7. The van der Waals surface area contributed by atoms with Crippen molar-refractivity contribution in [1.82, 2.24) is 15.6 Å². The van der Waals surface area contributed by atoms with Crippen molar-refractivity contribution in [2.45, 2.75) is 38.6 Å². The number of hydrogen-bond donors (Lipinski definition) is 2. The SMILES string of the molecule is CCNC(=NCc1cccc(C)n1)NCC1(c2ccccc2F)CC1. The number of halogens is 1. The van der Waals surface area contributed by atoms with Crippen molar-refractivity contribution < 1.29 is 4.39 Å². The Morgan fingerprint density at radius 3 is 2.64 bits per heavy atom. The molecule has 0 saturated heterocycles. The van der Waals surface area contributed by atoms with E-state index in [-0.39, 0.29) is 11.2 Å². The third-order valence-electron chi connectivity index (χ3n) is 4.58. The van der Waals surface area contributed by atoms with Gasteiger partial charge in [-0.3, -0.25) is 4.98 Å². The van der Waals surface area contributed by atoms with Crippen LogP contribution in [0.5, 0.6) is 0 Å². The smallest absolute Gasteiger partial charge is 0.191 e. The fourth-order valence-corrected chi connectivity index (χ4v) is 3.03. The topological polar surface area (TPSA) is 49.3 Å². The molecular formula is C20H25FN4. The minimum atomic E-state index is -0.118. The number of aliphatic imine (C=N–C) groups is 1. The molecule has 3 rings (SSSR count). The van der Waals surface area contributed by atoms with Crippen LogP contribution in [0.1, 0.15) is 36.7 Å². The number of nitrogens with zero attached hydrogens (tertiary/aromatic N) is 2. The Labute approximate surface area is 148 Å². The van der Waals surface area contributed by atoms with Crippen LogP contribution < -0.4 is 10.6 Å². The largest absolute Gasteiger partial charge is 0.357 e. The van der Waals surface area contributed by atoms with E-state index < -0.39 is 0 Å². The molecule has 132 valence electrons. The number of hydrogen-bond acceptors (Lipinski definition) is 2. The van der Waals surface area contributed by atoms with Gasteiger partial charge in [0.25, 0.3) is 0 Å². The van der Waals surface area contributed by atoms with E-state index >= 15 is 0 Å². The van der Waals surface area contributed by atoms with Crippen LogP contribution in [0.4, 0.5) is 4.39 Å². The first-order valence-electron chi connectivity index (χ1n) is 8.83. The second kappa shape index (κ2) is 7.64. The van der Waals surface area contributed by atoms with Crippen molar-refractivity contribution in [3.63, 3.8) is 0 Å². The number of benzene rings is 1. The summed E-state index contributed by atoms with van der Waals surface area (Å²) in [5.74, 6) is 0.626. The van der Waals surface area contributed by atoms with Crippen LogP contribution in [0.2, 0.25) is 0 Å². The normalized spacial score (nSPS) is 15.7. The zero-order valence-corrected chi connectivity index (χ0v) is 14.8. The predicted molar refractivity (Wildman–Crippen MR) is 99.1 cm³/mol. The first-order valence-corrected chi connectivity index (χ1v) is 8.83. The van der Waals surface area contributed by atoms with Gasteiger partial charge in [0.15, 0.2) is 5.96 Å². The number of aryl methyl sites for hydroxylation is 1. The van der Waals surface area contributed by atoms with E-state index in [4.69, 9.17) is 0 Å². The van der Waals surface area contributed by atoms with Crippen LogP contribution in [-0.4, -0.2) is 24.0 Å². The number of nitrogens with one attached hydrogen (secondary N) is 2. The fraction of sp³-hybridized carbons (Fsp3) is 0.400. The summed E-state index contributed by atoms with van der Waals surface area (Å²) in [5, 5.41) is 6.63. The van der Waals surface area contributed by atoms with Gasteiger partial charge in [-0.25, -0.2) is 9.38 Å². The molecule has 0 unspecified atom stereocenters. The van der Waals surface area contributed by atoms with Crippen molar-refractivity contribution in [3.8, 4) is 0 Å². The third kappa shape index (κ3) is 4.35. The molecule has 0 amide bonds. The molecule has 2 aromatic rings. The molecule has 1 aliphatic carbocycles. The van der Waals surface area contributed by atoms with E-state index in [2.05, 4.69) is 20.6 Å². The maximum atomic E-state index is 14.1. The average molecular weight is 340 g/mol. The highest BCUT2D eigenvalue weighted by Crippen LogP contribution is 2.48. The van der Waals surface area contributed by atoms with Crippen molar-refractivity contribution in [3.05, 3.63) is 65.2 Å². The van der Waals surface area contributed by atoms with E-state index in [0.29, 0.717) is 13.1 Å². The summed E-state index contributed by atoms with van der Waals surface area (Å²) < 4.78 is 14.1. The molecule has 2 N–H and O–H groups in total. The monoisotopic (exact) mass is 340 g/mol. The Morgan fingerprint density at radius 1 is 1.16 bits per heavy atom.